The number of oxazole rings is 1. The van der Waals surface area contributed by atoms with Crippen LogP contribution in [0.2, 0.25) is 0 Å². The lowest BCUT2D eigenvalue weighted by molar-refractivity contribution is -0.130. The molecule has 148 valence electrons. The van der Waals surface area contributed by atoms with E-state index in [4.69, 9.17) is 9.15 Å². The summed E-state index contributed by atoms with van der Waals surface area (Å²) < 4.78 is 11.3. The van der Waals surface area contributed by atoms with Crippen molar-refractivity contribution in [1.82, 2.24) is 4.98 Å². The van der Waals surface area contributed by atoms with Gasteiger partial charge in [-0.2, -0.15) is 4.98 Å². The van der Waals surface area contributed by atoms with Crippen molar-refractivity contribution in [2.24, 2.45) is 0 Å². The third kappa shape index (κ3) is 2.96. The van der Waals surface area contributed by atoms with Crippen molar-refractivity contribution in [1.29, 1.82) is 0 Å². The molecule has 0 fully saturated rings. The molecule has 0 unspecified atom stereocenters. The average Bonchev–Trinajstić information content (AvgIpc) is 3.35. The Hall–Kier alpha value is -4.03. The summed E-state index contributed by atoms with van der Waals surface area (Å²) in [6.45, 7) is 0. The van der Waals surface area contributed by atoms with Crippen molar-refractivity contribution < 1.29 is 18.7 Å². The molecular weight excluding hydrogens is 410 g/mol. The molecule has 0 aliphatic carbocycles. The number of hydrogen-bond acceptors (Lipinski definition) is 6. The maximum absolute atomic E-state index is 13.1. The van der Waals surface area contributed by atoms with Gasteiger partial charge in [0, 0.05) is 16.5 Å². The van der Waals surface area contributed by atoms with Gasteiger partial charge in [-0.1, -0.05) is 42.5 Å². The first-order valence-corrected chi connectivity index (χ1v) is 10.4. The van der Waals surface area contributed by atoms with E-state index in [9.17, 15) is 9.59 Å². The molecule has 1 aliphatic heterocycles. The monoisotopic (exact) mass is 423 g/mol. The summed E-state index contributed by atoms with van der Waals surface area (Å²) in [6, 6.07) is 22.5. The molecule has 0 bridgehead atoms. The van der Waals surface area contributed by atoms with Crippen LogP contribution in [-0.4, -0.2) is 16.7 Å². The summed E-state index contributed by atoms with van der Waals surface area (Å²) in [5.74, 6) is -0.175. The van der Waals surface area contributed by atoms with E-state index in [1.165, 1.54) is 11.3 Å². The maximum atomic E-state index is 13.1. The van der Waals surface area contributed by atoms with E-state index in [-0.39, 0.29) is 11.4 Å². The van der Waals surface area contributed by atoms with E-state index in [2.05, 4.69) is 4.98 Å². The largest absolute Gasteiger partial charge is 0.435 e. The van der Waals surface area contributed by atoms with Crippen LogP contribution in [0.1, 0.15) is 15.2 Å². The van der Waals surface area contributed by atoms with Gasteiger partial charge < -0.3 is 9.15 Å². The second-order valence-corrected chi connectivity index (χ2v) is 8.24. The summed E-state index contributed by atoms with van der Waals surface area (Å²) >= 11 is 1.35. The number of ether oxygens (including phenoxy) is 1. The van der Waals surface area contributed by atoms with Gasteiger partial charge in [0.25, 0.3) is 0 Å². The number of carbonyl (C=O) groups is 2. The molecule has 2 aromatic heterocycles. The summed E-state index contributed by atoms with van der Waals surface area (Å²) in [5, 5.41) is 1.83. The Bertz CT molecular complexity index is 1510. The van der Waals surface area contributed by atoms with Crippen LogP contribution in [0.5, 0.6) is 5.75 Å². The standard InChI is InChI=1S/C25H13NO4S/c27-22-18-10-15-8-4-5-9-16(15)11-20(18)30-25(28)19(22)12-17-13-21-24(31-17)26-23(29-21)14-6-2-1-3-7-14/h1-13H/b19-12-. The van der Waals surface area contributed by atoms with Crippen molar-refractivity contribution in [2.75, 3.05) is 0 Å². The Morgan fingerprint density at radius 2 is 1.61 bits per heavy atom. The molecule has 0 saturated heterocycles. The first kappa shape index (κ1) is 17.8. The predicted molar refractivity (Wildman–Crippen MR) is 119 cm³/mol. The number of nitrogens with zero attached hydrogens (tertiary/aromatic N) is 1. The van der Waals surface area contributed by atoms with Crippen LogP contribution in [0.3, 0.4) is 0 Å². The molecule has 3 aromatic carbocycles. The van der Waals surface area contributed by atoms with Gasteiger partial charge in [-0.25, -0.2) is 4.79 Å². The molecule has 0 atom stereocenters. The summed E-state index contributed by atoms with van der Waals surface area (Å²) in [4.78, 5) is 31.5. The molecule has 5 aromatic rings. The minimum Gasteiger partial charge on any atom is -0.435 e. The zero-order chi connectivity index (χ0) is 20.9. The van der Waals surface area contributed by atoms with Crippen molar-refractivity contribution in [3.8, 4) is 17.2 Å². The highest BCUT2D eigenvalue weighted by Gasteiger charge is 2.31. The van der Waals surface area contributed by atoms with Crippen LogP contribution in [0.4, 0.5) is 0 Å². The second kappa shape index (κ2) is 6.75. The Kier molecular flexibility index (Phi) is 3.88. The van der Waals surface area contributed by atoms with Gasteiger partial charge in [0.05, 0.1) is 5.56 Å². The Labute approximate surface area is 180 Å². The second-order valence-electron chi connectivity index (χ2n) is 7.18. The first-order valence-electron chi connectivity index (χ1n) is 9.63. The average molecular weight is 423 g/mol. The van der Waals surface area contributed by atoms with Crippen LogP contribution in [-0.2, 0) is 4.79 Å². The summed E-state index contributed by atoms with van der Waals surface area (Å²) in [6.07, 6.45) is 1.55. The molecule has 6 heteroatoms. The van der Waals surface area contributed by atoms with Crippen molar-refractivity contribution in [3.63, 3.8) is 0 Å². The fourth-order valence-corrected chi connectivity index (χ4v) is 4.56. The van der Waals surface area contributed by atoms with E-state index in [0.29, 0.717) is 32.5 Å². The molecule has 0 radical (unpaired) electrons. The van der Waals surface area contributed by atoms with Gasteiger partial charge in [0.1, 0.15) is 11.3 Å². The lowest BCUT2D eigenvalue weighted by atomic mass is 9.96. The number of benzene rings is 3. The van der Waals surface area contributed by atoms with Gasteiger partial charge in [-0.05, 0) is 41.1 Å². The Balaban J connectivity index is 1.38. The number of rotatable bonds is 2. The lowest BCUT2D eigenvalue weighted by Gasteiger charge is -2.17. The number of aromatic nitrogens is 1. The normalized spacial score (nSPS) is 14.9. The quantitative estimate of drug-likeness (QED) is 0.153. The Morgan fingerprint density at radius 3 is 2.39 bits per heavy atom. The van der Waals surface area contributed by atoms with E-state index >= 15 is 0 Å². The van der Waals surface area contributed by atoms with E-state index < -0.39 is 5.97 Å². The van der Waals surface area contributed by atoms with E-state index in [1.807, 2.05) is 54.6 Å². The molecule has 0 amide bonds. The molecule has 0 saturated carbocycles. The highest BCUT2D eigenvalue weighted by atomic mass is 32.1. The van der Waals surface area contributed by atoms with E-state index in [0.717, 1.165) is 16.3 Å². The van der Waals surface area contributed by atoms with Crippen LogP contribution in [0, 0.1) is 0 Å². The molecule has 5 nitrogen and oxygen atoms in total. The van der Waals surface area contributed by atoms with Crippen molar-refractivity contribution in [2.45, 2.75) is 0 Å². The number of fused-ring (bicyclic) bond motifs is 3. The van der Waals surface area contributed by atoms with Crippen molar-refractivity contribution in [3.05, 3.63) is 88.8 Å². The third-order valence-corrected chi connectivity index (χ3v) is 6.13. The third-order valence-electron chi connectivity index (χ3n) is 5.18. The highest BCUT2D eigenvalue weighted by Crippen LogP contribution is 2.35. The van der Waals surface area contributed by atoms with Crippen LogP contribution >= 0.6 is 11.3 Å². The number of Topliss-reactive ketones (excluding diaryl/α,β-unsaturated/α-hetero) is 1. The maximum Gasteiger partial charge on any atom is 0.347 e. The molecule has 0 spiro atoms. The zero-order valence-corrected chi connectivity index (χ0v) is 16.8. The van der Waals surface area contributed by atoms with Crippen LogP contribution in [0.15, 0.2) is 82.8 Å². The van der Waals surface area contributed by atoms with Gasteiger partial charge in [0.2, 0.25) is 11.7 Å². The minimum atomic E-state index is -0.657. The molecular formula is C25H13NO4S. The number of carbonyl (C=O) groups excluding carboxylic acids is 2. The summed E-state index contributed by atoms with van der Waals surface area (Å²) in [7, 11) is 0. The summed E-state index contributed by atoms with van der Waals surface area (Å²) in [5.41, 5.74) is 1.88. The van der Waals surface area contributed by atoms with Gasteiger partial charge >= 0.3 is 5.97 Å². The molecule has 3 heterocycles. The fraction of sp³-hybridized carbons (Fsp3) is 0. The van der Waals surface area contributed by atoms with Gasteiger partial charge in [-0.3, -0.25) is 4.79 Å². The van der Waals surface area contributed by atoms with Crippen molar-refractivity contribution >= 4 is 50.4 Å². The number of esters is 1. The number of thiophene rings is 1. The topological polar surface area (TPSA) is 69.4 Å². The van der Waals surface area contributed by atoms with Gasteiger partial charge in [0.15, 0.2) is 10.4 Å². The zero-order valence-electron chi connectivity index (χ0n) is 16.0. The van der Waals surface area contributed by atoms with Crippen LogP contribution < -0.4 is 4.74 Å². The lowest BCUT2D eigenvalue weighted by Crippen LogP contribution is -2.25. The number of hydrogen-bond donors (Lipinski definition) is 0. The Morgan fingerprint density at radius 1 is 0.871 bits per heavy atom. The SMILES string of the molecule is O=C1Oc2cc3ccccc3cc2C(=O)/C1=C/c1cc2oc(-c3ccccc3)nc2s1. The van der Waals surface area contributed by atoms with Gasteiger partial charge in [-0.15, -0.1) is 11.3 Å². The highest BCUT2D eigenvalue weighted by molar-refractivity contribution is 7.19. The molecule has 0 N–H and O–H groups in total. The molecule has 1 aliphatic rings. The predicted octanol–water partition coefficient (Wildman–Crippen LogP) is 5.89. The van der Waals surface area contributed by atoms with Crippen LogP contribution in [0.25, 0.3) is 38.7 Å². The smallest absolute Gasteiger partial charge is 0.347 e. The molecule has 6 rings (SSSR count). The fourth-order valence-electron chi connectivity index (χ4n) is 3.67. The van der Waals surface area contributed by atoms with E-state index in [1.54, 1.807) is 24.3 Å². The first-order chi connectivity index (χ1) is 15.2. The molecule has 31 heavy (non-hydrogen) atoms. The minimum absolute atomic E-state index is 0.00466. The number of ketones is 1.